The van der Waals surface area contributed by atoms with Crippen molar-refractivity contribution >= 4 is 11.8 Å². The van der Waals surface area contributed by atoms with E-state index in [0.717, 1.165) is 24.8 Å². The van der Waals surface area contributed by atoms with Crippen LogP contribution in [0.3, 0.4) is 0 Å². The number of amides is 1. The Balaban J connectivity index is 1.80. The number of rotatable bonds is 8. The van der Waals surface area contributed by atoms with E-state index in [1.54, 1.807) is 12.1 Å². The van der Waals surface area contributed by atoms with Gasteiger partial charge in [-0.05, 0) is 42.7 Å². The summed E-state index contributed by atoms with van der Waals surface area (Å²) in [6, 6.07) is 10.1. The van der Waals surface area contributed by atoms with Crippen molar-refractivity contribution in [2.24, 2.45) is 0 Å². The highest BCUT2D eigenvalue weighted by Gasteiger charge is 2.24. The van der Waals surface area contributed by atoms with E-state index in [1.165, 1.54) is 17.0 Å². The number of ether oxygens (including phenoxy) is 3. The Morgan fingerprint density at radius 3 is 2.59 bits per heavy atom. The first-order chi connectivity index (χ1) is 13.1. The molecule has 1 aliphatic rings. The van der Waals surface area contributed by atoms with E-state index in [2.05, 4.69) is 13.8 Å². The van der Waals surface area contributed by atoms with Gasteiger partial charge in [-0.25, -0.2) is 9.18 Å². The first-order valence-electron chi connectivity index (χ1n) is 9.29. The van der Waals surface area contributed by atoms with Gasteiger partial charge in [0.2, 0.25) is 0 Å². The highest BCUT2D eigenvalue weighted by Crippen LogP contribution is 2.35. The smallest absolute Gasteiger partial charge is 0.414 e. The minimum atomic E-state index is -0.550. The quantitative estimate of drug-likeness (QED) is 0.588. The van der Waals surface area contributed by atoms with Gasteiger partial charge in [-0.3, -0.25) is 4.90 Å². The van der Waals surface area contributed by atoms with Gasteiger partial charge in [0.05, 0.1) is 18.8 Å². The third-order valence-electron chi connectivity index (χ3n) is 4.38. The first-order valence-corrected chi connectivity index (χ1v) is 9.29. The molecule has 1 amide bonds. The Bertz CT molecular complexity index is 809. The molecule has 6 heteroatoms. The van der Waals surface area contributed by atoms with Crippen LogP contribution in [0, 0.1) is 5.82 Å². The Hall–Kier alpha value is -2.76. The number of carbonyl (C=O) groups is 1. The molecule has 0 saturated carbocycles. The van der Waals surface area contributed by atoms with Crippen molar-refractivity contribution < 1.29 is 23.4 Å². The molecule has 1 aliphatic heterocycles. The van der Waals surface area contributed by atoms with Gasteiger partial charge in [0.1, 0.15) is 6.61 Å². The largest absolute Gasteiger partial charge is 0.490 e. The molecular formula is C21H24FNO4. The number of hydrogen-bond acceptors (Lipinski definition) is 4. The number of aryl methyl sites for hydroxylation is 1. The molecule has 0 aromatic heterocycles. The zero-order valence-electron chi connectivity index (χ0n) is 15.7. The fourth-order valence-corrected chi connectivity index (χ4v) is 2.78. The fourth-order valence-electron chi connectivity index (χ4n) is 2.78. The molecule has 0 atom stereocenters. The van der Waals surface area contributed by atoms with Crippen molar-refractivity contribution in [3.05, 3.63) is 47.8 Å². The molecule has 0 spiro atoms. The van der Waals surface area contributed by atoms with E-state index in [9.17, 15) is 9.18 Å². The monoisotopic (exact) mass is 373 g/mol. The SMILES string of the molecule is CCCCOc1cc(CC)ccc1Oc1ccc(N2CCOC2=O)cc1F. The molecule has 2 aromatic rings. The Morgan fingerprint density at radius 2 is 1.93 bits per heavy atom. The maximum atomic E-state index is 14.6. The van der Waals surface area contributed by atoms with E-state index in [0.29, 0.717) is 36.9 Å². The van der Waals surface area contributed by atoms with Crippen molar-refractivity contribution in [2.75, 3.05) is 24.7 Å². The van der Waals surface area contributed by atoms with Crippen LogP contribution in [-0.2, 0) is 11.2 Å². The zero-order valence-corrected chi connectivity index (χ0v) is 15.7. The summed E-state index contributed by atoms with van der Waals surface area (Å²) in [4.78, 5) is 13.0. The molecule has 1 saturated heterocycles. The molecule has 27 heavy (non-hydrogen) atoms. The Labute approximate surface area is 158 Å². The third-order valence-corrected chi connectivity index (χ3v) is 4.38. The number of benzene rings is 2. The van der Waals surface area contributed by atoms with Crippen LogP contribution in [0.15, 0.2) is 36.4 Å². The van der Waals surface area contributed by atoms with Crippen LogP contribution >= 0.6 is 0 Å². The lowest BCUT2D eigenvalue weighted by Gasteiger charge is -2.16. The number of hydrogen-bond donors (Lipinski definition) is 0. The van der Waals surface area contributed by atoms with Crippen LogP contribution in [0.4, 0.5) is 14.9 Å². The highest BCUT2D eigenvalue weighted by molar-refractivity contribution is 5.89. The topological polar surface area (TPSA) is 48.0 Å². The average Bonchev–Trinajstić information content (AvgIpc) is 3.10. The number of anilines is 1. The summed E-state index contributed by atoms with van der Waals surface area (Å²) in [5, 5.41) is 0. The summed E-state index contributed by atoms with van der Waals surface area (Å²) < 4.78 is 31.1. The molecule has 1 heterocycles. The van der Waals surface area contributed by atoms with Gasteiger partial charge in [-0.15, -0.1) is 0 Å². The first kappa shape index (κ1) is 19.0. The van der Waals surface area contributed by atoms with Crippen LogP contribution in [0.2, 0.25) is 0 Å². The summed E-state index contributed by atoms with van der Waals surface area (Å²) in [6.07, 6.45) is 2.37. The number of cyclic esters (lactones) is 1. The van der Waals surface area contributed by atoms with Crippen molar-refractivity contribution in [3.8, 4) is 17.2 Å². The molecule has 0 N–H and O–H groups in total. The van der Waals surface area contributed by atoms with Crippen LogP contribution in [0.1, 0.15) is 32.3 Å². The van der Waals surface area contributed by atoms with Crippen molar-refractivity contribution in [3.63, 3.8) is 0 Å². The van der Waals surface area contributed by atoms with Gasteiger partial charge < -0.3 is 14.2 Å². The van der Waals surface area contributed by atoms with E-state index < -0.39 is 11.9 Å². The second-order valence-corrected chi connectivity index (χ2v) is 6.32. The summed E-state index contributed by atoms with van der Waals surface area (Å²) in [5.74, 6) is 0.604. The molecular weight excluding hydrogens is 349 g/mol. The summed E-state index contributed by atoms with van der Waals surface area (Å²) in [7, 11) is 0. The predicted molar refractivity (Wildman–Crippen MR) is 101 cm³/mol. The molecule has 0 unspecified atom stereocenters. The van der Waals surface area contributed by atoms with Gasteiger partial charge in [0.15, 0.2) is 23.1 Å². The number of unbranched alkanes of at least 4 members (excludes halogenated alkanes) is 1. The van der Waals surface area contributed by atoms with Crippen LogP contribution < -0.4 is 14.4 Å². The fraction of sp³-hybridized carbons (Fsp3) is 0.381. The molecule has 1 fully saturated rings. The lowest BCUT2D eigenvalue weighted by Crippen LogP contribution is -2.23. The molecule has 3 rings (SSSR count). The summed E-state index contributed by atoms with van der Waals surface area (Å²) in [5.41, 5.74) is 1.57. The second kappa shape index (κ2) is 8.75. The maximum absolute atomic E-state index is 14.6. The molecule has 144 valence electrons. The normalized spacial score (nSPS) is 13.6. The summed E-state index contributed by atoms with van der Waals surface area (Å²) >= 11 is 0. The minimum Gasteiger partial charge on any atom is -0.490 e. The average molecular weight is 373 g/mol. The lowest BCUT2D eigenvalue weighted by atomic mass is 10.1. The molecule has 0 aliphatic carbocycles. The van der Waals surface area contributed by atoms with Crippen molar-refractivity contribution in [1.82, 2.24) is 0 Å². The van der Waals surface area contributed by atoms with Crippen LogP contribution in [0.25, 0.3) is 0 Å². The number of nitrogens with zero attached hydrogens (tertiary/aromatic N) is 1. The standard InChI is InChI=1S/C21H24FNO4/c1-3-5-11-25-20-13-15(4-2)6-8-19(20)27-18-9-7-16(14-17(18)22)23-10-12-26-21(23)24/h6-9,13-14H,3-5,10-12H2,1-2H3. The van der Waals surface area contributed by atoms with Gasteiger partial charge >= 0.3 is 6.09 Å². The van der Waals surface area contributed by atoms with Crippen molar-refractivity contribution in [1.29, 1.82) is 0 Å². The van der Waals surface area contributed by atoms with Crippen molar-refractivity contribution in [2.45, 2.75) is 33.1 Å². The van der Waals surface area contributed by atoms with E-state index in [4.69, 9.17) is 14.2 Å². The zero-order chi connectivity index (χ0) is 19.2. The van der Waals surface area contributed by atoms with Gasteiger partial charge in [0, 0.05) is 6.07 Å². The highest BCUT2D eigenvalue weighted by atomic mass is 19.1. The third kappa shape index (κ3) is 4.51. The van der Waals surface area contributed by atoms with E-state index >= 15 is 0 Å². The van der Waals surface area contributed by atoms with Gasteiger partial charge in [-0.2, -0.15) is 0 Å². The Morgan fingerprint density at radius 1 is 1.11 bits per heavy atom. The summed E-state index contributed by atoms with van der Waals surface area (Å²) in [6.45, 7) is 5.45. The van der Waals surface area contributed by atoms with Crippen LogP contribution in [0.5, 0.6) is 17.2 Å². The number of halogens is 1. The lowest BCUT2D eigenvalue weighted by molar-refractivity contribution is 0.181. The van der Waals surface area contributed by atoms with E-state index in [1.807, 2.05) is 12.1 Å². The Kier molecular flexibility index (Phi) is 6.16. The predicted octanol–water partition coefficient (Wildman–Crippen LogP) is 5.32. The molecule has 5 nitrogen and oxygen atoms in total. The van der Waals surface area contributed by atoms with Crippen LogP contribution in [-0.4, -0.2) is 25.9 Å². The molecule has 0 bridgehead atoms. The van der Waals surface area contributed by atoms with E-state index in [-0.39, 0.29) is 5.75 Å². The second-order valence-electron chi connectivity index (χ2n) is 6.32. The van der Waals surface area contributed by atoms with Gasteiger partial charge in [0.25, 0.3) is 0 Å². The molecule has 2 aromatic carbocycles. The minimum absolute atomic E-state index is 0.0795. The molecule has 0 radical (unpaired) electrons. The number of carbonyl (C=O) groups excluding carboxylic acids is 1. The maximum Gasteiger partial charge on any atom is 0.414 e. The van der Waals surface area contributed by atoms with Gasteiger partial charge in [-0.1, -0.05) is 26.3 Å².